The topological polar surface area (TPSA) is 51.8 Å². The van der Waals surface area contributed by atoms with E-state index in [9.17, 15) is 9.50 Å². The van der Waals surface area contributed by atoms with Gasteiger partial charge < -0.3 is 19.0 Å². The molecule has 1 atom stereocenters. The Balaban J connectivity index is 1.80. The lowest BCUT2D eigenvalue weighted by molar-refractivity contribution is -0.0419. The predicted molar refractivity (Wildman–Crippen MR) is 63.2 cm³/mol. The number of hydrogen-bond acceptors (Lipinski definition) is 4. The number of benzene rings is 1. The first kappa shape index (κ1) is 11.8. The lowest BCUT2D eigenvalue weighted by atomic mass is 10.1. The van der Waals surface area contributed by atoms with Crippen LogP contribution in [0.4, 0.5) is 4.39 Å². The molecule has 1 aromatic heterocycles. The minimum absolute atomic E-state index is 0.348. The Morgan fingerprint density at radius 3 is 2.37 bits per heavy atom. The molecule has 1 aliphatic heterocycles. The van der Waals surface area contributed by atoms with Crippen LogP contribution in [0.3, 0.4) is 0 Å². The molecule has 0 bridgehead atoms. The van der Waals surface area contributed by atoms with E-state index < -0.39 is 12.4 Å². The van der Waals surface area contributed by atoms with E-state index in [4.69, 9.17) is 13.9 Å². The van der Waals surface area contributed by atoms with Crippen LogP contribution >= 0.6 is 0 Å². The smallest absolute Gasteiger partial charge is 0.299 e. The summed E-state index contributed by atoms with van der Waals surface area (Å²) in [5, 5.41) is 10.1. The molecule has 1 aromatic carbocycles. The average molecular weight is 262 g/mol. The number of halogens is 1. The van der Waals surface area contributed by atoms with E-state index in [0.29, 0.717) is 17.1 Å². The van der Waals surface area contributed by atoms with E-state index in [-0.39, 0.29) is 5.82 Å². The molecule has 0 aliphatic carbocycles. The molecule has 0 fully saturated rings. The van der Waals surface area contributed by atoms with Gasteiger partial charge in [0.2, 0.25) is 0 Å². The highest BCUT2D eigenvalue weighted by Crippen LogP contribution is 2.30. The first-order chi connectivity index (χ1) is 9.24. The van der Waals surface area contributed by atoms with Crippen LogP contribution in [0.25, 0.3) is 0 Å². The number of hydrogen-bond donors (Lipinski definition) is 1. The normalized spacial score (nSPS) is 16.1. The summed E-state index contributed by atoms with van der Waals surface area (Å²) in [5.41, 5.74) is 0.550. The van der Waals surface area contributed by atoms with Crippen molar-refractivity contribution in [2.75, 3.05) is 0 Å². The van der Waals surface area contributed by atoms with Gasteiger partial charge in [-0.2, -0.15) is 0 Å². The maximum Gasteiger partial charge on any atom is 0.299 e. The summed E-state index contributed by atoms with van der Waals surface area (Å²) in [5.74, 6) is 0.455. The van der Waals surface area contributed by atoms with Gasteiger partial charge in [0, 0.05) is 0 Å². The molecular weight excluding hydrogens is 251 g/mol. The Morgan fingerprint density at radius 1 is 1.00 bits per heavy atom. The predicted octanol–water partition coefficient (Wildman–Crippen LogP) is 3.02. The Labute approximate surface area is 108 Å². The minimum atomic E-state index is -0.955. The van der Waals surface area contributed by atoms with Crippen molar-refractivity contribution < 1.29 is 23.4 Å². The van der Waals surface area contributed by atoms with Crippen LogP contribution in [0.15, 0.2) is 53.3 Å². The second-order valence-corrected chi connectivity index (χ2v) is 4.07. The molecule has 0 spiro atoms. The van der Waals surface area contributed by atoms with Gasteiger partial charge in [0.15, 0.2) is 5.76 Å². The Hall–Kier alpha value is -2.27. The Bertz CT molecular complexity index is 580. The summed E-state index contributed by atoms with van der Waals surface area (Å²) >= 11 is 0. The maximum atomic E-state index is 12.8. The van der Waals surface area contributed by atoms with Gasteiger partial charge in [-0.05, 0) is 29.8 Å². The standard InChI is InChI=1S/C14H11FO4/c15-10-3-1-9(2-4-10)13(16)11-5-6-12(19-11)14-17-7-8-18-14/h1-8,13-14,16H. The number of rotatable bonds is 3. The summed E-state index contributed by atoms with van der Waals surface area (Å²) in [7, 11) is 0. The Kier molecular flexibility index (Phi) is 2.97. The van der Waals surface area contributed by atoms with Gasteiger partial charge in [0.25, 0.3) is 6.29 Å². The average Bonchev–Trinajstić information content (AvgIpc) is 3.10. The molecule has 2 aromatic rings. The van der Waals surface area contributed by atoms with Gasteiger partial charge in [-0.25, -0.2) is 4.39 Å². The molecule has 0 saturated carbocycles. The van der Waals surface area contributed by atoms with E-state index in [0.717, 1.165) is 0 Å². The first-order valence-electron chi connectivity index (χ1n) is 5.73. The molecule has 0 amide bonds. The van der Waals surface area contributed by atoms with Crippen LogP contribution in [-0.4, -0.2) is 5.11 Å². The summed E-state index contributed by atoms with van der Waals surface area (Å²) in [6.07, 6.45) is 1.27. The molecule has 1 aliphatic rings. The molecule has 4 nitrogen and oxygen atoms in total. The maximum absolute atomic E-state index is 12.8. The molecule has 98 valence electrons. The van der Waals surface area contributed by atoms with Gasteiger partial charge in [-0.15, -0.1) is 0 Å². The van der Waals surface area contributed by atoms with Gasteiger partial charge in [-0.1, -0.05) is 12.1 Å². The fourth-order valence-corrected chi connectivity index (χ4v) is 1.82. The van der Waals surface area contributed by atoms with Crippen LogP contribution in [0, 0.1) is 5.82 Å². The van der Waals surface area contributed by atoms with E-state index >= 15 is 0 Å². The highest BCUT2D eigenvalue weighted by molar-refractivity contribution is 5.25. The summed E-state index contributed by atoms with van der Waals surface area (Å²) in [6, 6.07) is 8.89. The summed E-state index contributed by atoms with van der Waals surface area (Å²) in [6.45, 7) is 0. The highest BCUT2D eigenvalue weighted by atomic mass is 19.1. The summed E-state index contributed by atoms with van der Waals surface area (Å²) < 4.78 is 28.5. The van der Waals surface area contributed by atoms with Crippen LogP contribution in [0.2, 0.25) is 0 Å². The van der Waals surface area contributed by atoms with Crippen LogP contribution in [-0.2, 0) is 9.47 Å². The van der Waals surface area contributed by atoms with Crippen molar-refractivity contribution in [2.45, 2.75) is 12.4 Å². The third-order valence-electron chi connectivity index (χ3n) is 2.80. The molecule has 0 radical (unpaired) electrons. The molecule has 19 heavy (non-hydrogen) atoms. The van der Waals surface area contributed by atoms with Crippen molar-refractivity contribution in [1.82, 2.24) is 0 Å². The number of furan rings is 1. The molecular formula is C14H11FO4. The number of ether oxygens (including phenoxy) is 2. The first-order valence-corrected chi connectivity index (χ1v) is 5.73. The van der Waals surface area contributed by atoms with E-state index in [1.165, 1.54) is 36.8 Å². The van der Waals surface area contributed by atoms with Crippen molar-refractivity contribution in [3.8, 4) is 0 Å². The molecule has 3 rings (SSSR count). The zero-order chi connectivity index (χ0) is 13.2. The third-order valence-corrected chi connectivity index (χ3v) is 2.80. The highest BCUT2D eigenvalue weighted by Gasteiger charge is 2.22. The quantitative estimate of drug-likeness (QED) is 0.923. The molecule has 2 heterocycles. The molecule has 1 unspecified atom stereocenters. The van der Waals surface area contributed by atoms with Gasteiger partial charge in [0.1, 0.15) is 30.2 Å². The number of aliphatic hydroxyl groups excluding tert-OH is 1. The molecule has 0 saturated heterocycles. The lowest BCUT2D eigenvalue weighted by Gasteiger charge is -2.09. The number of aliphatic hydroxyl groups is 1. The summed E-state index contributed by atoms with van der Waals surface area (Å²) in [4.78, 5) is 0. The zero-order valence-electron chi connectivity index (χ0n) is 9.82. The van der Waals surface area contributed by atoms with Crippen molar-refractivity contribution >= 4 is 0 Å². The van der Waals surface area contributed by atoms with Gasteiger partial charge in [0.05, 0.1) is 0 Å². The monoisotopic (exact) mass is 262 g/mol. The van der Waals surface area contributed by atoms with E-state index in [1.54, 1.807) is 12.1 Å². The largest absolute Gasteiger partial charge is 0.455 e. The van der Waals surface area contributed by atoms with Crippen LogP contribution < -0.4 is 0 Å². The van der Waals surface area contributed by atoms with Crippen molar-refractivity contribution in [3.05, 3.63) is 71.8 Å². The van der Waals surface area contributed by atoms with Gasteiger partial charge in [-0.3, -0.25) is 0 Å². The minimum Gasteiger partial charge on any atom is -0.455 e. The fourth-order valence-electron chi connectivity index (χ4n) is 1.82. The van der Waals surface area contributed by atoms with Crippen LogP contribution in [0.1, 0.15) is 29.5 Å². The van der Waals surface area contributed by atoms with Crippen molar-refractivity contribution in [2.24, 2.45) is 0 Å². The third kappa shape index (κ3) is 2.32. The fraction of sp³-hybridized carbons (Fsp3) is 0.143. The van der Waals surface area contributed by atoms with Crippen LogP contribution in [0.5, 0.6) is 0 Å². The van der Waals surface area contributed by atoms with E-state index in [2.05, 4.69) is 0 Å². The lowest BCUT2D eigenvalue weighted by Crippen LogP contribution is -1.99. The second kappa shape index (κ2) is 4.78. The van der Waals surface area contributed by atoms with Crippen molar-refractivity contribution in [1.29, 1.82) is 0 Å². The zero-order valence-corrected chi connectivity index (χ0v) is 9.82. The van der Waals surface area contributed by atoms with Gasteiger partial charge >= 0.3 is 0 Å². The SMILES string of the molecule is OC(c1ccc(F)cc1)c1ccc(C2OC=CO2)o1. The molecule has 5 heteroatoms. The molecule has 1 N–H and O–H groups in total. The second-order valence-electron chi connectivity index (χ2n) is 4.07. The Morgan fingerprint density at radius 2 is 1.68 bits per heavy atom. The van der Waals surface area contributed by atoms with E-state index in [1.807, 2.05) is 0 Å². The van der Waals surface area contributed by atoms with Crippen molar-refractivity contribution in [3.63, 3.8) is 0 Å².